The average Bonchev–Trinajstić information content (AvgIpc) is 2.90. The van der Waals surface area contributed by atoms with Crippen molar-refractivity contribution in [3.63, 3.8) is 0 Å². The molecule has 35 heavy (non-hydrogen) atoms. The van der Waals surface area contributed by atoms with E-state index in [4.69, 9.17) is 14.7 Å². The maximum Gasteiger partial charge on any atom is 0.409 e. The third kappa shape index (κ3) is 6.35. The summed E-state index contributed by atoms with van der Waals surface area (Å²) in [6.45, 7) is 7.22. The Morgan fingerprint density at radius 3 is 2.31 bits per heavy atom. The Morgan fingerprint density at radius 1 is 1.00 bits per heavy atom. The van der Waals surface area contributed by atoms with E-state index in [1.54, 1.807) is 7.11 Å². The number of nitriles is 1. The first-order valence-corrected chi connectivity index (χ1v) is 12.9. The number of nitrogens with zero attached hydrogens (tertiary/aromatic N) is 3. The number of benzene rings is 2. The highest BCUT2D eigenvalue weighted by Crippen LogP contribution is 2.37. The molecule has 6 nitrogen and oxygen atoms in total. The van der Waals surface area contributed by atoms with Gasteiger partial charge in [0.15, 0.2) is 0 Å². The number of rotatable bonds is 7. The van der Waals surface area contributed by atoms with Crippen LogP contribution in [0.5, 0.6) is 5.75 Å². The van der Waals surface area contributed by atoms with E-state index in [1.807, 2.05) is 24.0 Å². The van der Waals surface area contributed by atoms with E-state index in [0.29, 0.717) is 24.9 Å². The second-order valence-electron chi connectivity index (χ2n) is 9.69. The van der Waals surface area contributed by atoms with Crippen LogP contribution in [-0.4, -0.2) is 62.3 Å². The van der Waals surface area contributed by atoms with Crippen LogP contribution in [0.15, 0.2) is 42.5 Å². The van der Waals surface area contributed by atoms with Crippen molar-refractivity contribution in [2.45, 2.75) is 44.9 Å². The molecule has 0 saturated carbocycles. The number of methoxy groups -OCH3 is 1. The van der Waals surface area contributed by atoms with Crippen molar-refractivity contribution in [2.24, 2.45) is 5.92 Å². The van der Waals surface area contributed by atoms with Gasteiger partial charge < -0.3 is 19.3 Å². The van der Waals surface area contributed by atoms with Gasteiger partial charge in [0.1, 0.15) is 5.75 Å². The summed E-state index contributed by atoms with van der Waals surface area (Å²) in [5.41, 5.74) is 4.71. The van der Waals surface area contributed by atoms with Crippen LogP contribution in [0, 0.1) is 17.2 Å². The number of carbonyl (C=O) groups excluding carboxylic acids is 1. The van der Waals surface area contributed by atoms with Crippen LogP contribution in [0.3, 0.4) is 0 Å². The third-order valence-electron chi connectivity index (χ3n) is 7.48. The van der Waals surface area contributed by atoms with Gasteiger partial charge in [-0.2, -0.15) is 5.26 Å². The van der Waals surface area contributed by atoms with Gasteiger partial charge in [-0.15, -0.1) is 0 Å². The van der Waals surface area contributed by atoms with E-state index >= 15 is 0 Å². The molecule has 2 saturated heterocycles. The predicted molar refractivity (Wildman–Crippen MR) is 137 cm³/mol. The molecule has 0 aliphatic carbocycles. The average molecular weight is 476 g/mol. The van der Waals surface area contributed by atoms with Crippen LogP contribution in [0.1, 0.15) is 49.7 Å². The first-order valence-electron chi connectivity index (χ1n) is 12.9. The summed E-state index contributed by atoms with van der Waals surface area (Å²) in [6.07, 6.45) is 4.65. The van der Waals surface area contributed by atoms with Gasteiger partial charge in [0, 0.05) is 19.6 Å². The number of amides is 1. The second kappa shape index (κ2) is 12.1. The standard InChI is InChI=1S/C29H37N3O3/c1-3-35-29(33)32-18-11-23(12-19-32)21-31-16-13-25(14-17-31)27-20-26(8-9-28(27)34-2)24-6-4-22(5-7-24)10-15-30/h4-9,20,23,25H,3,10-14,16-19,21H2,1-2H3. The Morgan fingerprint density at radius 2 is 1.69 bits per heavy atom. The molecule has 0 atom stereocenters. The fourth-order valence-electron chi connectivity index (χ4n) is 5.44. The van der Waals surface area contributed by atoms with Gasteiger partial charge in [0.05, 0.1) is 26.2 Å². The lowest BCUT2D eigenvalue weighted by Gasteiger charge is -2.37. The zero-order valence-corrected chi connectivity index (χ0v) is 21.0. The van der Waals surface area contributed by atoms with Crippen LogP contribution in [0.2, 0.25) is 0 Å². The normalized spacial score (nSPS) is 17.7. The summed E-state index contributed by atoms with van der Waals surface area (Å²) < 4.78 is 10.9. The van der Waals surface area contributed by atoms with Crippen LogP contribution in [0.4, 0.5) is 4.79 Å². The summed E-state index contributed by atoms with van der Waals surface area (Å²) in [7, 11) is 1.76. The SMILES string of the molecule is CCOC(=O)N1CCC(CN2CCC(c3cc(-c4ccc(CC#N)cc4)ccc3OC)CC2)CC1. The summed E-state index contributed by atoms with van der Waals surface area (Å²) >= 11 is 0. The molecule has 2 aromatic carbocycles. The van der Waals surface area contributed by atoms with E-state index in [9.17, 15) is 4.79 Å². The van der Waals surface area contributed by atoms with E-state index in [2.05, 4.69) is 41.3 Å². The number of piperidine rings is 2. The highest BCUT2D eigenvalue weighted by atomic mass is 16.6. The first kappa shape index (κ1) is 25.1. The molecule has 1 amide bonds. The van der Waals surface area contributed by atoms with Crippen molar-refractivity contribution < 1.29 is 14.3 Å². The maximum atomic E-state index is 11.9. The quantitative estimate of drug-likeness (QED) is 0.531. The minimum atomic E-state index is -0.166. The van der Waals surface area contributed by atoms with Crippen molar-refractivity contribution in [3.8, 4) is 22.9 Å². The zero-order valence-electron chi connectivity index (χ0n) is 21.0. The molecule has 2 fully saturated rings. The first-order chi connectivity index (χ1) is 17.1. The highest BCUT2D eigenvalue weighted by Gasteiger charge is 2.28. The van der Waals surface area contributed by atoms with Crippen LogP contribution >= 0.6 is 0 Å². The van der Waals surface area contributed by atoms with Crippen LogP contribution in [-0.2, 0) is 11.2 Å². The fourth-order valence-corrected chi connectivity index (χ4v) is 5.44. The molecule has 2 aliphatic heterocycles. The largest absolute Gasteiger partial charge is 0.496 e. The van der Waals surface area contributed by atoms with Gasteiger partial charge in [-0.05, 0) is 91.9 Å². The molecule has 0 N–H and O–H groups in total. The van der Waals surface area contributed by atoms with Crippen LogP contribution in [0.25, 0.3) is 11.1 Å². The van der Waals surface area contributed by atoms with E-state index in [0.717, 1.165) is 69.7 Å². The monoisotopic (exact) mass is 475 g/mol. The van der Waals surface area contributed by atoms with E-state index in [-0.39, 0.29) is 6.09 Å². The zero-order chi connectivity index (χ0) is 24.6. The molecule has 4 rings (SSSR count). The topological polar surface area (TPSA) is 65.8 Å². The summed E-state index contributed by atoms with van der Waals surface area (Å²) in [5, 5.41) is 8.92. The highest BCUT2D eigenvalue weighted by molar-refractivity contribution is 5.67. The Kier molecular flexibility index (Phi) is 8.65. The van der Waals surface area contributed by atoms with Crippen molar-refractivity contribution in [2.75, 3.05) is 46.4 Å². The van der Waals surface area contributed by atoms with E-state index in [1.165, 1.54) is 16.7 Å². The van der Waals surface area contributed by atoms with Crippen molar-refractivity contribution in [3.05, 3.63) is 53.6 Å². The molecule has 186 valence electrons. The van der Waals surface area contributed by atoms with Gasteiger partial charge in [-0.3, -0.25) is 0 Å². The number of likely N-dealkylation sites (tertiary alicyclic amines) is 2. The van der Waals surface area contributed by atoms with E-state index < -0.39 is 0 Å². The molecular weight excluding hydrogens is 438 g/mol. The van der Waals surface area contributed by atoms with Crippen molar-refractivity contribution in [1.29, 1.82) is 5.26 Å². The van der Waals surface area contributed by atoms with Gasteiger partial charge in [0.2, 0.25) is 0 Å². The fraction of sp³-hybridized carbons (Fsp3) is 0.517. The maximum absolute atomic E-state index is 11.9. The number of ether oxygens (including phenoxy) is 2. The minimum Gasteiger partial charge on any atom is -0.496 e. The molecule has 0 spiro atoms. The van der Waals surface area contributed by atoms with Gasteiger partial charge in [-0.1, -0.05) is 30.3 Å². The Hall–Kier alpha value is -3.04. The summed E-state index contributed by atoms with van der Waals surface area (Å²) in [6, 6.07) is 17.0. The second-order valence-corrected chi connectivity index (χ2v) is 9.69. The number of carbonyl (C=O) groups is 1. The molecular formula is C29H37N3O3. The number of hydrogen-bond acceptors (Lipinski definition) is 5. The molecule has 0 bridgehead atoms. The van der Waals surface area contributed by atoms with Gasteiger partial charge in [-0.25, -0.2) is 4.79 Å². The van der Waals surface area contributed by atoms with Crippen LogP contribution < -0.4 is 4.74 Å². The number of hydrogen-bond donors (Lipinski definition) is 0. The lowest BCUT2D eigenvalue weighted by Crippen LogP contribution is -2.43. The molecule has 0 aromatic heterocycles. The molecule has 0 unspecified atom stereocenters. The third-order valence-corrected chi connectivity index (χ3v) is 7.48. The smallest absolute Gasteiger partial charge is 0.409 e. The lowest BCUT2D eigenvalue weighted by atomic mass is 9.86. The Bertz CT molecular complexity index is 1010. The Balaban J connectivity index is 1.33. The Labute approximate surface area is 209 Å². The molecule has 2 aliphatic rings. The molecule has 2 heterocycles. The summed E-state index contributed by atoms with van der Waals surface area (Å²) in [4.78, 5) is 16.4. The predicted octanol–water partition coefficient (Wildman–Crippen LogP) is 5.48. The molecule has 2 aromatic rings. The summed E-state index contributed by atoms with van der Waals surface area (Å²) in [5.74, 6) is 2.11. The van der Waals surface area contributed by atoms with Gasteiger partial charge in [0.25, 0.3) is 0 Å². The minimum absolute atomic E-state index is 0.166. The lowest BCUT2D eigenvalue weighted by molar-refractivity contribution is 0.0830. The molecule has 6 heteroatoms. The molecule has 0 radical (unpaired) electrons. The van der Waals surface area contributed by atoms with Crippen molar-refractivity contribution in [1.82, 2.24) is 9.80 Å². The van der Waals surface area contributed by atoms with Gasteiger partial charge >= 0.3 is 6.09 Å². The van der Waals surface area contributed by atoms with Crippen molar-refractivity contribution >= 4 is 6.09 Å².